The van der Waals surface area contributed by atoms with E-state index in [0.717, 1.165) is 13.0 Å². The molecule has 1 fully saturated rings. The monoisotopic (exact) mass is 211 g/mol. The molecule has 1 atom stereocenters. The van der Waals surface area contributed by atoms with Crippen molar-refractivity contribution in [2.45, 2.75) is 18.9 Å². The Balaban J connectivity index is 1.96. The summed E-state index contributed by atoms with van der Waals surface area (Å²) in [6, 6.07) is 14.9. The van der Waals surface area contributed by atoms with E-state index in [2.05, 4.69) is 48.9 Å². The summed E-state index contributed by atoms with van der Waals surface area (Å²) in [5, 5.41) is 2.62. The van der Waals surface area contributed by atoms with Crippen molar-refractivity contribution >= 4 is 10.8 Å². The van der Waals surface area contributed by atoms with Crippen LogP contribution in [0.3, 0.4) is 0 Å². The molecule has 1 heteroatoms. The van der Waals surface area contributed by atoms with Crippen LogP contribution >= 0.6 is 0 Å². The molecule has 0 bridgehead atoms. The van der Waals surface area contributed by atoms with E-state index in [1.165, 1.54) is 22.8 Å². The Labute approximate surface area is 96.0 Å². The molecular formula is C15H15O. The first-order valence-electron chi connectivity index (χ1n) is 5.88. The zero-order chi connectivity index (χ0) is 10.8. The molecule has 1 heterocycles. The summed E-state index contributed by atoms with van der Waals surface area (Å²) in [6.07, 6.45) is 4.91. The Bertz CT molecular complexity index is 478. The number of rotatable bonds is 2. The predicted molar refractivity (Wildman–Crippen MR) is 66.3 cm³/mol. The van der Waals surface area contributed by atoms with Gasteiger partial charge < -0.3 is 4.74 Å². The molecule has 1 unspecified atom stereocenters. The summed E-state index contributed by atoms with van der Waals surface area (Å²) in [5.41, 5.74) is 1.30. The summed E-state index contributed by atoms with van der Waals surface area (Å²) in [5.74, 6) is 0. The third kappa shape index (κ3) is 1.83. The molecule has 0 aromatic heterocycles. The van der Waals surface area contributed by atoms with Gasteiger partial charge in [0.15, 0.2) is 0 Å². The Morgan fingerprint density at radius 2 is 1.94 bits per heavy atom. The molecule has 1 aliphatic rings. The molecular weight excluding hydrogens is 196 g/mol. The summed E-state index contributed by atoms with van der Waals surface area (Å²) >= 11 is 0. The Hall–Kier alpha value is -1.34. The van der Waals surface area contributed by atoms with Crippen LogP contribution in [0, 0.1) is 6.42 Å². The summed E-state index contributed by atoms with van der Waals surface area (Å²) < 4.78 is 5.65. The van der Waals surface area contributed by atoms with Crippen LogP contribution in [0.5, 0.6) is 0 Å². The van der Waals surface area contributed by atoms with Gasteiger partial charge in [-0.25, -0.2) is 0 Å². The third-order valence-electron chi connectivity index (χ3n) is 3.15. The van der Waals surface area contributed by atoms with Crippen molar-refractivity contribution in [1.82, 2.24) is 0 Å². The molecule has 1 aliphatic heterocycles. The second kappa shape index (κ2) is 4.26. The van der Waals surface area contributed by atoms with Crippen LogP contribution in [-0.2, 0) is 4.74 Å². The highest BCUT2D eigenvalue weighted by Gasteiger charge is 2.17. The van der Waals surface area contributed by atoms with E-state index in [1.807, 2.05) is 0 Å². The highest BCUT2D eigenvalue weighted by atomic mass is 16.5. The first-order valence-corrected chi connectivity index (χ1v) is 5.88. The maximum atomic E-state index is 5.65. The molecule has 2 aromatic rings. The molecule has 1 saturated heterocycles. The fourth-order valence-corrected chi connectivity index (χ4v) is 2.33. The van der Waals surface area contributed by atoms with Crippen molar-refractivity contribution in [1.29, 1.82) is 0 Å². The van der Waals surface area contributed by atoms with E-state index in [0.29, 0.717) is 6.10 Å². The molecule has 2 aromatic carbocycles. The van der Waals surface area contributed by atoms with E-state index in [4.69, 9.17) is 4.74 Å². The molecule has 1 radical (unpaired) electrons. The normalized spacial score (nSPS) is 20.4. The van der Waals surface area contributed by atoms with Crippen LogP contribution in [0.15, 0.2) is 42.5 Å². The smallest absolute Gasteiger partial charge is 0.0651 e. The molecule has 0 N–H and O–H groups in total. The van der Waals surface area contributed by atoms with Gasteiger partial charge in [-0.05, 0) is 29.2 Å². The Kier molecular flexibility index (Phi) is 2.63. The summed E-state index contributed by atoms with van der Waals surface area (Å²) in [7, 11) is 0. The van der Waals surface area contributed by atoms with E-state index in [-0.39, 0.29) is 0 Å². The lowest BCUT2D eigenvalue weighted by atomic mass is 9.99. The fourth-order valence-electron chi connectivity index (χ4n) is 2.33. The predicted octanol–water partition coefficient (Wildman–Crippen LogP) is 3.57. The minimum atomic E-state index is 0.311. The lowest BCUT2D eigenvalue weighted by Gasteiger charge is -2.11. The largest absolute Gasteiger partial charge is 0.378 e. The number of hydrogen-bond donors (Lipinski definition) is 0. The van der Waals surface area contributed by atoms with Crippen LogP contribution in [-0.4, -0.2) is 12.7 Å². The van der Waals surface area contributed by atoms with Crippen molar-refractivity contribution < 1.29 is 4.74 Å². The maximum absolute atomic E-state index is 5.65. The molecule has 3 rings (SSSR count). The average molecular weight is 211 g/mol. The average Bonchev–Trinajstić information content (AvgIpc) is 2.82. The van der Waals surface area contributed by atoms with Gasteiger partial charge in [-0.1, -0.05) is 42.5 Å². The zero-order valence-electron chi connectivity index (χ0n) is 9.23. The van der Waals surface area contributed by atoms with Gasteiger partial charge in [0.25, 0.3) is 0 Å². The van der Waals surface area contributed by atoms with Crippen LogP contribution in [0.2, 0.25) is 0 Å². The fraction of sp³-hybridized carbons (Fsp3) is 0.267. The Morgan fingerprint density at radius 3 is 2.81 bits per heavy atom. The molecule has 81 valence electrons. The minimum absolute atomic E-state index is 0.311. The van der Waals surface area contributed by atoms with Crippen LogP contribution < -0.4 is 0 Å². The van der Waals surface area contributed by atoms with Crippen molar-refractivity contribution in [2.75, 3.05) is 6.61 Å². The van der Waals surface area contributed by atoms with Gasteiger partial charge in [0.05, 0.1) is 6.10 Å². The molecule has 0 saturated carbocycles. The standard InChI is InChI=1S/C15H15O/c1-2-9-15-12(5-1)6-3-7-13(15)11-14-8-4-10-16-14/h1-3,5-7,9,11,14H,4,8,10H2. The van der Waals surface area contributed by atoms with Crippen molar-refractivity contribution in [2.24, 2.45) is 0 Å². The number of hydrogen-bond acceptors (Lipinski definition) is 1. The van der Waals surface area contributed by atoms with Crippen LogP contribution in [0.1, 0.15) is 18.4 Å². The SMILES string of the molecule is [CH](c1cccc2ccccc12)C1CCCO1. The molecule has 0 spiro atoms. The first-order chi connectivity index (χ1) is 7.93. The topological polar surface area (TPSA) is 9.23 Å². The molecule has 0 amide bonds. The van der Waals surface area contributed by atoms with E-state index in [1.54, 1.807) is 0 Å². The molecule has 16 heavy (non-hydrogen) atoms. The summed E-state index contributed by atoms with van der Waals surface area (Å²) in [4.78, 5) is 0. The van der Waals surface area contributed by atoms with Gasteiger partial charge in [-0.3, -0.25) is 0 Å². The number of ether oxygens (including phenoxy) is 1. The first kappa shape index (κ1) is 9.86. The van der Waals surface area contributed by atoms with Gasteiger partial charge in [-0.2, -0.15) is 0 Å². The van der Waals surface area contributed by atoms with Gasteiger partial charge in [-0.15, -0.1) is 0 Å². The van der Waals surface area contributed by atoms with Crippen molar-refractivity contribution in [3.8, 4) is 0 Å². The van der Waals surface area contributed by atoms with Gasteiger partial charge in [0.2, 0.25) is 0 Å². The highest BCUT2D eigenvalue weighted by molar-refractivity contribution is 5.86. The van der Waals surface area contributed by atoms with Gasteiger partial charge >= 0.3 is 0 Å². The van der Waals surface area contributed by atoms with E-state index < -0.39 is 0 Å². The second-order valence-corrected chi connectivity index (χ2v) is 4.29. The highest BCUT2D eigenvalue weighted by Crippen LogP contribution is 2.24. The van der Waals surface area contributed by atoms with Crippen molar-refractivity contribution in [3.05, 3.63) is 54.4 Å². The number of fused-ring (bicyclic) bond motifs is 1. The second-order valence-electron chi connectivity index (χ2n) is 4.29. The van der Waals surface area contributed by atoms with Gasteiger partial charge in [0, 0.05) is 13.0 Å². The molecule has 0 aliphatic carbocycles. The van der Waals surface area contributed by atoms with E-state index in [9.17, 15) is 0 Å². The van der Waals surface area contributed by atoms with Crippen molar-refractivity contribution in [3.63, 3.8) is 0 Å². The third-order valence-corrected chi connectivity index (χ3v) is 3.15. The Morgan fingerprint density at radius 1 is 1.06 bits per heavy atom. The minimum Gasteiger partial charge on any atom is -0.378 e. The van der Waals surface area contributed by atoms with E-state index >= 15 is 0 Å². The quantitative estimate of drug-likeness (QED) is 0.737. The number of benzene rings is 2. The summed E-state index contributed by atoms with van der Waals surface area (Å²) in [6.45, 7) is 0.909. The van der Waals surface area contributed by atoms with Gasteiger partial charge in [0.1, 0.15) is 0 Å². The maximum Gasteiger partial charge on any atom is 0.0651 e. The van der Waals surface area contributed by atoms with Crippen LogP contribution in [0.25, 0.3) is 10.8 Å². The molecule has 1 nitrogen and oxygen atoms in total. The van der Waals surface area contributed by atoms with Crippen LogP contribution in [0.4, 0.5) is 0 Å². The lowest BCUT2D eigenvalue weighted by molar-refractivity contribution is 0.137. The lowest BCUT2D eigenvalue weighted by Crippen LogP contribution is -2.06. The zero-order valence-corrected chi connectivity index (χ0v) is 9.23.